The van der Waals surface area contributed by atoms with Crippen molar-refractivity contribution in [2.45, 2.75) is 52.7 Å². The zero-order valence-corrected chi connectivity index (χ0v) is 13.7. The van der Waals surface area contributed by atoms with Crippen LogP contribution < -0.4 is 10.5 Å². The SMILES string of the molecule is Cc1cc(Br)cc(CN)c1OC1CCC(C)C(C)C1. The van der Waals surface area contributed by atoms with Gasteiger partial charge in [-0.2, -0.15) is 0 Å². The van der Waals surface area contributed by atoms with Gasteiger partial charge in [0.2, 0.25) is 0 Å². The Morgan fingerprint density at radius 3 is 2.63 bits per heavy atom. The van der Waals surface area contributed by atoms with Gasteiger partial charge in [0.05, 0.1) is 6.10 Å². The first-order valence-electron chi connectivity index (χ1n) is 7.17. The van der Waals surface area contributed by atoms with Crippen molar-refractivity contribution in [2.75, 3.05) is 0 Å². The van der Waals surface area contributed by atoms with Crippen LogP contribution >= 0.6 is 15.9 Å². The number of benzene rings is 1. The topological polar surface area (TPSA) is 35.2 Å². The molecule has 0 saturated heterocycles. The van der Waals surface area contributed by atoms with Gasteiger partial charge in [0.25, 0.3) is 0 Å². The first kappa shape index (κ1) is 14.9. The van der Waals surface area contributed by atoms with E-state index in [-0.39, 0.29) is 0 Å². The maximum Gasteiger partial charge on any atom is 0.127 e. The normalized spacial score (nSPS) is 27.3. The highest BCUT2D eigenvalue weighted by Gasteiger charge is 2.26. The van der Waals surface area contributed by atoms with Gasteiger partial charge in [0, 0.05) is 16.6 Å². The van der Waals surface area contributed by atoms with Crippen LogP contribution in [0.4, 0.5) is 0 Å². The van der Waals surface area contributed by atoms with Crippen LogP contribution in [0, 0.1) is 18.8 Å². The van der Waals surface area contributed by atoms with Crippen molar-refractivity contribution in [1.29, 1.82) is 0 Å². The van der Waals surface area contributed by atoms with Gasteiger partial charge in [-0.3, -0.25) is 0 Å². The Labute approximate surface area is 124 Å². The predicted octanol–water partition coefficient (Wildman–Crippen LogP) is 4.42. The van der Waals surface area contributed by atoms with Gasteiger partial charge in [-0.25, -0.2) is 0 Å². The molecule has 0 aromatic heterocycles. The number of hydrogen-bond donors (Lipinski definition) is 1. The lowest BCUT2D eigenvalue weighted by Crippen LogP contribution is -2.29. The molecule has 19 heavy (non-hydrogen) atoms. The Morgan fingerprint density at radius 1 is 1.26 bits per heavy atom. The molecular formula is C16H24BrNO. The Kier molecular flexibility index (Phi) is 4.91. The smallest absolute Gasteiger partial charge is 0.127 e. The van der Waals surface area contributed by atoms with E-state index < -0.39 is 0 Å². The Balaban J connectivity index is 2.15. The molecule has 1 fully saturated rings. The average molecular weight is 326 g/mol. The summed E-state index contributed by atoms with van der Waals surface area (Å²) in [7, 11) is 0. The fourth-order valence-electron chi connectivity index (χ4n) is 2.89. The highest BCUT2D eigenvalue weighted by atomic mass is 79.9. The van der Waals surface area contributed by atoms with Crippen LogP contribution in [0.15, 0.2) is 16.6 Å². The third kappa shape index (κ3) is 3.51. The minimum atomic E-state index is 0.344. The van der Waals surface area contributed by atoms with Gasteiger partial charge in [0.1, 0.15) is 5.75 Å². The lowest BCUT2D eigenvalue weighted by molar-refractivity contribution is 0.0990. The molecule has 2 nitrogen and oxygen atoms in total. The molecule has 0 amide bonds. The summed E-state index contributed by atoms with van der Waals surface area (Å²) in [6.45, 7) is 7.29. The van der Waals surface area contributed by atoms with Gasteiger partial charge in [0.15, 0.2) is 0 Å². The maximum absolute atomic E-state index is 6.28. The second kappa shape index (κ2) is 6.27. The van der Waals surface area contributed by atoms with E-state index >= 15 is 0 Å². The quantitative estimate of drug-likeness (QED) is 0.892. The molecular weight excluding hydrogens is 302 g/mol. The molecule has 1 aliphatic rings. The zero-order chi connectivity index (χ0) is 14.0. The van der Waals surface area contributed by atoms with Gasteiger partial charge in [-0.05, 0) is 55.7 Å². The van der Waals surface area contributed by atoms with E-state index in [1.54, 1.807) is 0 Å². The number of aryl methyl sites for hydroxylation is 1. The summed E-state index contributed by atoms with van der Waals surface area (Å²) < 4.78 is 7.35. The van der Waals surface area contributed by atoms with Crippen LogP contribution in [-0.2, 0) is 6.54 Å². The fraction of sp³-hybridized carbons (Fsp3) is 0.625. The summed E-state index contributed by atoms with van der Waals surface area (Å²) in [6, 6.07) is 4.17. The molecule has 106 valence electrons. The van der Waals surface area contributed by atoms with Gasteiger partial charge < -0.3 is 10.5 Å². The fourth-order valence-corrected chi connectivity index (χ4v) is 3.51. The molecule has 0 aliphatic heterocycles. The molecule has 2 N–H and O–H groups in total. The van der Waals surface area contributed by atoms with Gasteiger partial charge >= 0.3 is 0 Å². The van der Waals surface area contributed by atoms with E-state index in [1.165, 1.54) is 12.0 Å². The second-order valence-electron chi connectivity index (χ2n) is 5.92. The summed E-state index contributed by atoms with van der Waals surface area (Å²) in [6.07, 6.45) is 3.92. The molecule has 1 aromatic rings. The Bertz CT molecular complexity index is 447. The zero-order valence-electron chi connectivity index (χ0n) is 12.1. The van der Waals surface area contributed by atoms with Crippen molar-refractivity contribution in [3.8, 4) is 5.75 Å². The van der Waals surface area contributed by atoms with E-state index in [2.05, 4.69) is 48.8 Å². The number of hydrogen-bond acceptors (Lipinski definition) is 2. The van der Waals surface area contributed by atoms with Crippen molar-refractivity contribution < 1.29 is 4.74 Å². The van der Waals surface area contributed by atoms with E-state index in [4.69, 9.17) is 10.5 Å². The molecule has 0 spiro atoms. The monoisotopic (exact) mass is 325 g/mol. The van der Waals surface area contributed by atoms with E-state index in [9.17, 15) is 0 Å². The van der Waals surface area contributed by atoms with E-state index in [0.717, 1.165) is 40.5 Å². The van der Waals surface area contributed by atoms with Crippen molar-refractivity contribution in [3.05, 3.63) is 27.7 Å². The van der Waals surface area contributed by atoms with Crippen molar-refractivity contribution in [1.82, 2.24) is 0 Å². The number of ether oxygens (including phenoxy) is 1. The van der Waals surface area contributed by atoms with Crippen molar-refractivity contribution >= 4 is 15.9 Å². The highest BCUT2D eigenvalue weighted by molar-refractivity contribution is 9.10. The molecule has 2 rings (SSSR count). The summed E-state index contributed by atoms with van der Waals surface area (Å²) in [5.74, 6) is 2.56. The van der Waals surface area contributed by atoms with Gasteiger partial charge in [-0.1, -0.05) is 29.8 Å². The van der Waals surface area contributed by atoms with Crippen LogP contribution in [-0.4, -0.2) is 6.10 Å². The van der Waals surface area contributed by atoms with Gasteiger partial charge in [-0.15, -0.1) is 0 Å². The molecule has 1 saturated carbocycles. The van der Waals surface area contributed by atoms with Crippen molar-refractivity contribution in [2.24, 2.45) is 17.6 Å². The molecule has 1 aliphatic carbocycles. The molecule has 3 atom stereocenters. The van der Waals surface area contributed by atoms with Crippen LogP contribution in [0.5, 0.6) is 5.75 Å². The maximum atomic E-state index is 6.28. The first-order valence-corrected chi connectivity index (χ1v) is 7.96. The average Bonchev–Trinajstić information content (AvgIpc) is 2.36. The summed E-state index contributed by atoms with van der Waals surface area (Å²) >= 11 is 3.52. The summed E-state index contributed by atoms with van der Waals surface area (Å²) in [5.41, 5.74) is 8.11. The number of halogens is 1. The number of nitrogens with two attached hydrogens (primary N) is 1. The van der Waals surface area contributed by atoms with Crippen LogP contribution in [0.3, 0.4) is 0 Å². The Hall–Kier alpha value is -0.540. The third-order valence-electron chi connectivity index (χ3n) is 4.37. The minimum Gasteiger partial charge on any atom is -0.490 e. The van der Waals surface area contributed by atoms with Crippen LogP contribution in [0.2, 0.25) is 0 Å². The predicted molar refractivity (Wildman–Crippen MR) is 83.4 cm³/mol. The molecule has 0 radical (unpaired) electrons. The molecule has 1 aromatic carbocycles. The van der Waals surface area contributed by atoms with Crippen LogP contribution in [0.1, 0.15) is 44.2 Å². The summed E-state index contributed by atoms with van der Waals surface area (Å²) in [4.78, 5) is 0. The largest absolute Gasteiger partial charge is 0.490 e. The van der Waals surface area contributed by atoms with E-state index in [0.29, 0.717) is 12.6 Å². The van der Waals surface area contributed by atoms with Crippen LogP contribution in [0.25, 0.3) is 0 Å². The Morgan fingerprint density at radius 2 is 2.00 bits per heavy atom. The molecule has 3 heteroatoms. The number of rotatable bonds is 3. The molecule has 0 heterocycles. The summed E-state index contributed by atoms with van der Waals surface area (Å²) in [5, 5.41) is 0. The lowest BCUT2D eigenvalue weighted by atomic mass is 9.80. The molecule has 3 unspecified atom stereocenters. The minimum absolute atomic E-state index is 0.344. The third-order valence-corrected chi connectivity index (χ3v) is 4.83. The highest BCUT2D eigenvalue weighted by Crippen LogP contribution is 2.35. The molecule has 0 bridgehead atoms. The van der Waals surface area contributed by atoms with Crippen molar-refractivity contribution in [3.63, 3.8) is 0 Å². The van der Waals surface area contributed by atoms with E-state index in [1.807, 2.05) is 0 Å². The second-order valence-corrected chi connectivity index (χ2v) is 6.84. The standard InChI is InChI=1S/C16H24BrNO/c1-10-4-5-15(7-11(10)2)19-16-12(3)6-14(17)8-13(16)9-18/h6,8,10-11,15H,4-5,7,9,18H2,1-3H3. The lowest BCUT2D eigenvalue weighted by Gasteiger charge is -2.33. The first-order chi connectivity index (χ1) is 9.01.